The number of nitro benzene ring substituents is 1. The number of carbonyl (C=O) groups is 1. The largest absolute Gasteiger partial charge is 0.434 e. The molecule has 10 heteroatoms. The predicted octanol–water partition coefficient (Wildman–Crippen LogP) is 4.13. The van der Waals surface area contributed by atoms with Gasteiger partial charge < -0.3 is 10.1 Å². The van der Waals surface area contributed by atoms with Gasteiger partial charge in [-0.25, -0.2) is 8.91 Å². The first-order valence-electron chi connectivity index (χ1n) is 8.74. The standard InChI is InChI=1S/C20H14FN5O4/c1-12-7-8-25-18(12)20(22-11-23-25)30-17-6-5-14(10-16(17)21)24-19(27)13-3-2-4-15(9-13)26(28)29/h2-11H,1H3,(H,24,27). The topological polar surface area (TPSA) is 112 Å². The van der Waals surface area contributed by atoms with Crippen LogP contribution in [0.2, 0.25) is 0 Å². The van der Waals surface area contributed by atoms with Gasteiger partial charge >= 0.3 is 0 Å². The fourth-order valence-electron chi connectivity index (χ4n) is 2.88. The number of carbonyl (C=O) groups excluding carboxylic acids is 1. The minimum Gasteiger partial charge on any atom is -0.434 e. The van der Waals surface area contributed by atoms with E-state index < -0.39 is 16.6 Å². The summed E-state index contributed by atoms with van der Waals surface area (Å²) in [7, 11) is 0. The van der Waals surface area contributed by atoms with E-state index in [2.05, 4.69) is 15.4 Å². The fourth-order valence-corrected chi connectivity index (χ4v) is 2.88. The molecule has 0 aliphatic carbocycles. The molecular weight excluding hydrogens is 393 g/mol. The van der Waals surface area contributed by atoms with Gasteiger partial charge in [0.25, 0.3) is 11.6 Å². The Morgan fingerprint density at radius 1 is 1.23 bits per heavy atom. The third-order valence-electron chi connectivity index (χ3n) is 4.34. The van der Waals surface area contributed by atoms with Crippen molar-refractivity contribution in [2.75, 3.05) is 5.32 Å². The van der Waals surface area contributed by atoms with Gasteiger partial charge in [0.2, 0.25) is 5.88 Å². The van der Waals surface area contributed by atoms with Gasteiger partial charge in [-0.15, -0.1) is 0 Å². The first kappa shape index (κ1) is 19.0. The van der Waals surface area contributed by atoms with Crippen molar-refractivity contribution in [3.05, 3.63) is 88.1 Å². The Kier molecular flexibility index (Phi) is 4.80. The molecule has 0 saturated heterocycles. The maximum Gasteiger partial charge on any atom is 0.270 e. The molecule has 30 heavy (non-hydrogen) atoms. The van der Waals surface area contributed by atoms with Crippen LogP contribution in [0.15, 0.2) is 61.1 Å². The van der Waals surface area contributed by atoms with Crippen molar-refractivity contribution < 1.29 is 18.8 Å². The lowest BCUT2D eigenvalue weighted by atomic mass is 10.2. The number of nitrogens with zero attached hydrogens (tertiary/aromatic N) is 4. The second-order valence-electron chi connectivity index (χ2n) is 6.37. The number of nitro groups is 1. The number of halogens is 1. The molecule has 0 aliphatic rings. The van der Waals surface area contributed by atoms with Crippen LogP contribution in [0.4, 0.5) is 15.8 Å². The summed E-state index contributed by atoms with van der Waals surface area (Å²) < 4.78 is 21.8. The highest BCUT2D eigenvalue weighted by Crippen LogP contribution is 2.29. The van der Waals surface area contributed by atoms with Gasteiger partial charge in [-0.3, -0.25) is 14.9 Å². The number of ether oxygens (including phenoxy) is 1. The van der Waals surface area contributed by atoms with Crippen LogP contribution in [-0.2, 0) is 0 Å². The number of nitrogens with one attached hydrogen (secondary N) is 1. The summed E-state index contributed by atoms with van der Waals surface area (Å²) in [5.41, 5.74) is 1.52. The number of non-ortho nitro benzene ring substituents is 1. The molecule has 2 aromatic carbocycles. The number of anilines is 1. The molecule has 4 rings (SSSR count). The van der Waals surface area contributed by atoms with E-state index in [0.29, 0.717) is 5.52 Å². The lowest BCUT2D eigenvalue weighted by Crippen LogP contribution is -2.12. The van der Waals surface area contributed by atoms with Crippen LogP contribution in [0.1, 0.15) is 15.9 Å². The molecule has 4 aromatic rings. The third kappa shape index (κ3) is 3.65. The summed E-state index contributed by atoms with van der Waals surface area (Å²) in [4.78, 5) is 26.6. The second-order valence-corrected chi connectivity index (χ2v) is 6.37. The maximum atomic E-state index is 14.6. The molecule has 0 aliphatic heterocycles. The van der Waals surface area contributed by atoms with Gasteiger partial charge in [-0.2, -0.15) is 10.1 Å². The highest BCUT2D eigenvalue weighted by molar-refractivity contribution is 6.04. The summed E-state index contributed by atoms with van der Waals surface area (Å²) in [5.74, 6) is -1.20. The van der Waals surface area contributed by atoms with E-state index in [4.69, 9.17) is 4.74 Å². The van der Waals surface area contributed by atoms with Gasteiger partial charge in [-0.1, -0.05) is 6.07 Å². The third-order valence-corrected chi connectivity index (χ3v) is 4.34. The lowest BCUT2D eigenvalue weighted by Gasteiger charge is -2.10. The average molecular weight is 407 g/mol. The number of aromatic nitrogens is 3. The van der Waals surface area contributed by atoms with Crippen LogP contribution >= 0.6 is 0 Å². The first-order valence-corrected chi connectivity index (χ1v) is 8.74. The zero-order valence-electron chi connectivity index (χ0n) is 15.6. The molecule has 0 atom stereocenters. The summed E-state index contributed by atoms with van der Waals surface area (Å²) in [6.07, 6.45) is 3.04. The SMILES string of the molecule is Cc1ccn2ncnc(Oc3ccc(NC(=O)c4cccc([N+](=O)[O-])c4)cc3F)c12. The van der Waals surface area contributed by atoms with Gasteiger partial charge in [0.1, 0.15) is 11.8 Å². The Morgan fingerprint density at radius 2 is 2.07 bits per heavy atom. The second kappa shape index (κ2) is 7.59. The predicted molar refractivity (Wildman–Crippen MR) is 105 cm³/mol. The first-order chi connectivity index (χ1) is 14.4. The van der Waals surface area contributed by atoms with Crippen molar-refractivity contribution in [1.29, 1.82) is 0 Å². The molecule has 0 saturated carbocycles. The number of benzene rings is 2. The highest BCUT2D eigenvalue weighted by atomic mass is 19.1. The summed E-state index contributed by atoms with van der Waals surface area (Å²) in [6.45, 7) is 1.86. The monoisotopic (exact) mass is 407 g/mol. The molecule has 0 bridgehead atoms. The summed E-state index contributed by atoms with van der Waals surface area (Å²) >= 11 is 0. The lowest BCUT2D eigenvalue weighted by molar-refractivity contribution is -0.384. The van der Waals surface area contributed by atoms with Crippen molar-refractivity contribution >= 4 is 22.8 Å². The van der Waals surface area contributed by atoms with Crippen molar-refractivity contribution in [3.8, 4) is 11.6 Å². The number of aryl methyl sites for hydroxylation is 1. The van der Waals surface area contributed by atoms with Crippen molar-refractivity contribution in [1.82, 2.24) is 14.6 Å². The highest BCUT2D eigenvalue weighted by Gasteiger charge is 2.15. The minimum atomic E-state index is -0.715. The zero-order chi connectivity index (χ0) is 21.3. The van der Waals surface area contributed by atoms with E-state index in [-0.39, 0.29) is 28.6 Å². The molecule has 0 radical (unpaired) electrons. The average Bonchev–Trinajstić information content (AvgIpc) is 3.12. The van der Waals surface area contributed by atoms with E-state index in [0.717, 1.165) is 17.7 Å². The fraction of sp³-hybridized carbons (Fsp3) is 0.0500. The van der Waals surface area contributed by atoms with E-state index in [9.17, 15) is 19.3 Å². The van der Waals surface area contributed by atoms with Crippen molar-refractivity contribution in [2.24, 2.45) is 0 Å². The van der Waals surface area contributed by atoms with Crippen LogP contribution in [0, 0.1) is 22.9 Å². The maximum absolute atomic E-state index is 14.6. The minimum absolute atomic E-state index is 0.0791. The molecule has 0 spiro atoms. The van der Waals surface area contributed by atoms with Crippen molar-refractivity contribution in [3.63, 3.8) is 0 Å². The molecule has 9 nitrogen and oxygen atoms in total. The quantitative estimate of drug-likeness (QED) is 0.393. The Bertz CT molecular complexity index is 1290. The van der Waals surface area contributed by atoms with E-state index >= 15 is 0 Å². The van der Waals surface area contributed by atoms with E-state index in [1.165, 1.54) is 36.7 Å². The van der Waals surface area contributed by atoms with Crippen LogP contribution in [-0.4, -0.2) is 25.4 Å². The summed E-state index contributed by atoms with van der Waals surface area (Å²) in [6, 6.07) is 11.0. The normalized spacial score (nSPS) is 10.7. The Labute approximate surface area is 168 Å². The summed E-state index contributed by atoms with van der Waals surface area (Å²) in [5, 5.41) is 17.4. The number of fused-ring (bicyclic) bond motifs is 1. The Balaban J connectivity index is 1.55. The molecule has 150 valence electrons. The molecule has 1 N–H and O–H groups in total. The molecule has 0 fully saturated rings. The smallest absolute Gasteiger partial charge is 0.270 e. The number of amides is 1. The number of rotatable bonds is 5. The molecule has 0 unspecified atom stereocenters. The number of hydrogen-bond donors (Lipinski definition) is 1. The van der Waals surface area contributed by atoms with Crippen LogP contribution in [0.3, 0.4) is 0 Å². The zero-order valence-corrected chi connectivity index (χ0v) is 15.6. The van der Waals surface area contributed by atoms with Gasteiger partial charge in [0, 0.05) is 35.6 Å². The molecule has 1 amide bonds. The molecule has 2 heterocycles. The number of hydrogen-bond acceptors (Lipinski definition) is 6. The Morgan fingerprint density at radius 3 is 2.83 bits per heavy atom. The molecular formula is C20H14FN5O4. The van der Waals surface area contributed by atoms with E-state index in [1.807, 2.05) is 13.0 Å². The van der Waals surface area contributed by atoms with Gasteiger partial charge in [0.15, 0.2) is 11.6 Å². The van der Waals surface area contributed by atoms with Crippen molar-refractivity contribution in [2.45, 2.75) is 6.92 Å². The Hall–Kier alpha value is -4.34. The molecule has 2 aromatic heterocycles. The van der Waals surface area contributed by atoms with E-state index in [1.54, 1.807) is 10.7 Å². The van der Waals surface area contributed by atoms with Gasteiger partial charge in [0.05, 0.1) is 4.92 Å². The van der Waals surface area contributed by atoms with Crippen LogP contribution in [0.25, 0.3) is 5.52 Å². The van der Waals surface area contributed by atoms with Crippen LogP contribution < -0.4 is 10.1 Å². The van der Waals surface area contributed by atoms with Crippen LogP contribution in [0.5, 0.6) is 11.6 Å². The van der Waals surface area contributed by atoms with Gasteiger partial charge in [-0.05, 0) is 36.8 Å².